The molecule has 136 valence electrons. The molecule has 1 aromatic carbocycles. The molecule has 6 nitrogen and oxygen atoms in total. The summed E-state index contributed by atoms with van der Waals surface area (Å²) < 4.78 is 0.843. The molecule has 1 aliphatic heterocycles. The Morgan fingerprint density at radius 2 is 2.08 bits per heavy atom. The largest absolute Gasteiger partial charge is 0.369 e. The molecule has 0 bridgehead atoms. The highest BCUT2D eigenvalue weighted by Gasteiger charge is 2.25. The van der Waals surface area contributed by atoms with Crippen molar-refractivity contribution in [3.63, 3.8) is 0 Å². The van der Waals surface area contributed by atoms with E-state index in [1.54, 1.807) is 0 Å². The van der Waals surface area contributed by atoms with Gasteiger partial charge in [-0.25, -0.2) is 4.98 Å². The molecule has 1 aromatic heterocycles. The Kier molecular flexibility index (Phi) is 5.62. The molecule has 0 amide bonds. The molecular formula is C19H23BrN6. The fourth-order valence-corrected chi connectivity index (χ4v) is 3.67. The Labute approximate surface area is 163 Å². The molecule has 1 fully saturated rings. The van der Waals surface area contributed by atoms with E-state index in [0.29, 0.717) is 11.6 Å². The summed E-state index contributed by atoms with van der Waals surface area (Å²) >= 11 is 3.49. The number of nitrogens with zero attached hydrogens (tertiary/aromatic N) is 6. The Morgan fingerprint density at radius 3 is 2.77 bits per heavy atom. The van der Waals surface area contributed by atoms with Crippen molar-refractivity contribution in [2.24, 2.45) is 0 Å². The zero-order valence-corrected chi connectivity index (χ0v) is 16.9. The Balaban J connectivity index is 1.77. The second-order valence-corrected chi connectivity index (χ2v) is 7.59. The van der Waals surface area contributed by atoms with Crippen LogP contribution >= 0.6 is 15.9 Å². The number of anilines is 3. The van der Waals surface area contributed by atoms with Crippen LogP contribution in [0.3, 0.4) is 0 Å². The van der Waals surface area contributed by atoms with Crippen molar-refractivity contribution in [2.75, 3.05) is 48.9 Å². The Hall–Kier alpha value is -2.33. The van der Waals surface area contributed by atoms with Crippen molar-refractivity contribution >= 4 is 33.4 Å². The molecule has 3 rings (SSSR count). The average molecular weight is 415 g/mol. The fraction of sp³-hybridized carbons (Fsp3) is 0.421. The molecule has 0 spiro atoms. The molecule has 7 heteroatoms. The van der Waals surface area contributed by atoms with Gasteiger partial charge in [0.05, 0.1) is 5.56 Å². The van der Waals surface area contributed by atoms with Gasteiger partial charge in [0.2, 0.25) is 5.95 Å². The maximum Gasteiger partial charge on any atom is 0.227 e. The smallest absolute Gasteiger partial charge is 0.227 e. The zero-order chi connectivity index (χ0) is 18.7. The maximum absolute atomic E-state index is 9.10. The van der Waals surface area contributed by atoms with E-state index in [4.69, 9.17) is 5.26 Å². The monoisotopic (exact) mass is 414 g/mol. The van der Waals surface area contributed by atoms with E-state index in [1.807, 2.05) is 49.5 Å². The van der Waals surface area contributed by atoms with Gasteiger partial charge in [0, 0.05) is 56.6 Å². The van der Waals surface area contributed by atoms with E-state index >= 15 is 0 Å². The first-order chi connectivity index (χ1) is 12.5. The number of nitriles is 1. The molecule has 1 unspecified atom stereocenters. The summed E-state index contributed by atoms with van der Waals surface area (Å²) in [5, 5.41) is 9.10. The van der Waals surface area contributed by atoms with Gasteiger partial charge in [-0.05, 0) is 53.0 Å². The number of piperidine rings is 1. The van der Waals surface area contributed by atoms with Crippen LogP contribution < -0.4 is 14.7 Å². The minimum Gasteiger partial charge on any atom is -0.369 e. The highest BCUT2D eigenvalue weighted by Crippen LogP contribution is 2.28. The normalized spacial score (nSPS) is 16.9. The molecule has 2 aromatic rings. The summed E-state index contributed by atoms with van der Waals surface area (Å²) in [4.78, 5) is 15.7. The quantitative estimate of drug-likeness (QED) is 0.764. The van der Waals surface area contributed by atoms with Gasteiger partial charge >= 0.3 is 0 Å². The summed E-state index contributed by atoms with van der Waals surface area (Å²) in [6, 6.07) is 10.4. The van der Waals surface area contributed by atoms with E-state index in [-0.39, 0.29) is 0 Å². The number of aromatic nitrogens is 2. The molecular weight excluding hydrogens is 392 g/mol. The van der Waals surface area contributed by atoms with Gasteiger partial charge in [0.25, 0.3) is 0 Å². The minimum absolute atomic E-state index is 0.343. The summed E-state index contributed by atoms with van der Waals surface area (Å²) in [5.74, 6) is 1.66. The molecule has 0 N–H and O–H groups in total. The van der Waals surface area contributed by atoms with Gasteiger partial charge in [-0.15, -0.1) is 0 Å². The predicted molar refractivity (Wildman–Crippen MR) is 109 cm³/mol. The van der Waals surface area contributed by atoms with Gasteiger partial charge < -0.3 is 14.7 Å². The SMILES string of the molecule is CN(C)c1ccnc(N(C)C2CCCN(c3ccc(C#N)c(Br)c3)C2)n1. The molecule has 0 radical (unpaired) electrons. The van der Waals surface area contributed by atoms with E-state index in [2.05, 4.69) is 48.8 Å². The van der Waals surface area contributed by atoms with E-state index in [9.17, 15) is 0 Å². The molecule has 2 heterocycles. The highest BCUT2D eigenvalue weighted by atomic mass is 79.9. The maximum atomic E-state index is 9.10. The number of hydrogen-bond acceptors (Lipinski definition) is 6. The van der Waals surface area contributed by atoms with E-state index in [1.165, 1.54) is 0 Å². The number of hydrogen-bond donors (Lipinski definition) is 0. The van der Waals surface area contributed by atoms with Crippen LogP contribution in [0.4, 0.5) is 17.5 Å². The van der Waals surface area contributed by atoms with Crippen LogP contribution in [0.15, 0.2) is 34.9 Å². The van der Waals surface area contributed by atoms with Crippen LogP contribution in [-0.2, 0) is 0 Å². The van der Waals surface area contributed by atoms with E-state index < -0.39 is 0 Å². The number of likely N-dealkylation sites (N-methyl/N-ethyl adjacent to an activating group) is 1. The van der Waals surface area contributed by atoms with Crippen molar-refractivity contribution < 1.29 is 0 Å². The van der Waals surface area contributed by atoms with Crippen molar-refractivity contribution in [3.8, 4) is 6.07 Å². The third-order valence-electron chi connectivity index (χ3n) is 4.78. The van der Waals surface area contributed by atoms with Crippen molar-refractivity contribution in [1.29, 1.82) is 5.26 Å². The Bertz CT molecular complexity index is 816. The van der Waals surface area contributed by atoms with Gasteiger partial charge in [0.15, 0.2) is 0 Å². The second kappa shape index (κ2) is 7.92. The fourth-order valence-electron chi connectivity index (χ4n) is 3.22. The van der Waals surface area contributed by atoms with Gasteiger partial charge in [0.1, 0.15) is 11.9 Å². The molecule has 26 heavy (non-hydrogen) atoms. The topological polar surface area (TPSA) is 59.3 Å². The second-order valence-electron chi connectivity index (χ2n) is 6.74. The number of halogens is 1. The predicted octanol–water partition coefficient (Wildman–Crippen LogP) is 3.28. The third kappa shape index (κ3) is 3.91. The van der Waals surface area contributed by atoms with Crippen LogP contribution in [0.25, 0.3) is 0 Å². The highest BCUT2D eigenvalue weighted by molar-refractivity contribution is 9.10. The van der Waals surface area contributed by atoms with Crippen LogP contribution in [0.1, 0.15) is 18.4 Å². The summed E-state index contributed by atoms with van der Waals surface area (Å²) in [5.41, 5.74) is 1.80. The lowest BCUT2D eigenvalue weighted by atomic mass is 10.0. The summed E-state index contributed by atoms with van der Waals surface area (Å²) in [6.07, 6.45) is 4.03. The minimum atomic E-state index is 0.343. The Morgan fingerprint density at radius 1 is 1.27 bits per heavy atom. The first-order valence-corrected chi connectivity index (χ1v) is 9.46. The molecule has 0 saturated carbocycles. The molecule has 0 aliphatic carbocycles. The zero-order valence-electron chi connectivity index (χ0n) is 15.4. The standard InChI is InChI=1S/C19H23BrN6/c1-24(2)18-8-9-22-19(23-18)25(3)16-5-4-10-26(13-16)15-7-6-14(12-21)17(20)11-15/h6-9,11,16H,4-5,10,13H2,1-3H3. The van der Waals surface area contributed by atoms with Crippen molar-refractivity contribution in [1.82, 2.24) is 9.97 Å². The van der Waals surface area contributed by atoms with Crippen LogP contribution in [0.5, 0.6) is 0 Å². The average Bonchev–Trinajstić information content (AvgIpc) is 2.67. The van der Waals surface area contributed by atoms with Crippen LogP contribution in [0.2, 0.25) is 0 Å². The first-order valence-electron chi connectivity index (χ1n) is 8.67. The third-order valence-corrected chi connectivity index (χ3v) is 5.44. The molecule has 1 atom stereocenters. The molecule has 1 saturated heterocycles. The number of benzene rings is 1. The van der Waals surface area contributed by atoms with E-state index in [0.717, 1.165) is 47.9 Å². The number of rotatable bonds is 4. The van der Waals surface area contributed by atoms with Gasteiger partial charge in [-0.3, -0.25) is 0 Å². The lowest BCUT2D eigenvalue weighted by molar-refractivity contribution is 0.483. The van der Waals surface area contributed by atoms with Gasteiger partial charge in [-0.2, -0.15) is 10.2 Å². The van der Waals surface area contributed by atoms with Crippen LogP contribution in [-0.4, -0.2) is 50.2 Å². The van der Waals surface area contributed by atoms with Crippen molar-refractivity contribution in [2.45, 2.75) is 18.9 Å². The van der Waals surface area contributed by atoms with Gasteiger partial charge in [-0.1, -0.05) is 0 Å². The summed E-state index contributed by atoms with van der Waals surface area (Å²) in [6.45, 7) is 1.92. The molecule has 1 aliphatic rings. The van der Waals surface area contributed by atoms with Crippen LogP contribution in [0, 0.1) is 11.3 Å². The van der Waals surface area contributed by atoms with Crippen molar-refractivity contribution in [3.05, 3.63) is 40.5 Å². The lowest BCUT2D eigenvalue weighted by Gasteiger charge is -2.39. The lowest BCUT2D eigenvalue weighted by Crippen LogP contribution is -2.47. The first kappa shape index (κ1) is 18.5. The summed E-state index contributed by atoms with van der Waals surface area (Å²) in [7, 11) is 6.03.